The van der Waals surface area contributed by atoms with Crippen LogP contribution in [-0.2, 0) is 94.1 Å². The van der Waals surface area contributed by atoms with Gasteiger partial charge in [0.25, 0.3) is 5.91 Å². The van der Waals surface area contributed by atoms with E-state index in [0.29, 0.717) is 115 Å². The van der Waals surface area contributed by atoms with Gasteiger partial charge in [0.1, 0.15) is 37.1 Å². The van der Waals surface area contributed by atoms with Gasteiger partial charge in [0.2, 0.25) is 11.8 Å². The van der Waals surface area contributed by atoms with Crippen molar-refractivity contribution in [3.8, 4) is 17.2 Å². The van der Waals surface area contributed by atoms with Crippen molar-refractivity contribution < 1.29 is 139 Å². The first kappa shape index (κ1) is 101. The van der Waals surface area contributed by atoms with Crippen LogP contribution in [0.4, 0.5) is 52.7 Å². The average Bonchev–Trinajstić information content (AvgIpc) is 1.55. The topological polar surface area (TPSA) is 274 Å². The number of esters is 4. The van der Waals surface area contributed by atoms with E-state index in [-0.39, 0.29) is 108 Å². The zero-order valence-corrected chi connectivity index (χ0v) is 74.8. The first-order valence-electron chi connectivity index (χ1n) is 40.4. The Balaban J connectivity index is 0.000000173. The summed E-state index contributed by atoms with van der Waals surface area (Å²) in [6, 6.07) is 42.9. The SMILES string of the molecule is COC(=O)c1ccc(CBr)c(Br)c1.COC(=O)c1ccc(CCC(CO)c2ccccc2C(F)(F)F)c(Br)c1.COC(=O)c1ccc2c(c1)OCC(c1ccccc1C(F)(F)F)NC2.COC(=O)c1ccc2c(c1)OC[C@H](c1ccccc1C(F)(F)F)N(C(=O)C1CCOCC1)C2.O=C(NO)c1ccc2c(c1)OC[C@H](c1ccccc1C(F)(F)F)N(C(=O)C1CCOCC1)C2. The number of rotatable bonds is 16. The average molecular weight is 2020 g/mol. The normalized spacial score (nSPS) is 16.6. The number of ether oxygens (including phenoxy) is 9. The van der Waals surface area contributed by atoms with Crippen molar-refractivity contribution >= 4 is 89.4 Å². The largest absolute Gasteiger partial charge is 0.491 e. The summed E-state index contributed by atoms with van der Waals surface area (Å²) in [5.41, 5.74) is 4.16. The van der Waals surface area contributed by atoms with E-state index in [1.807, 2.05) is 6.07 Å². The Morgan fingerprint density at radius 1 is 0.454 bits per heavy atom. The molecule has 0 aromatic heterocycles. The Hall–Kier alpha value is -10.9. The highest BCUT2D eigenvalue weighted by Gasteiger charge is 2.44. The summed E-state index contributed by atoms with van der Waals surface area (Å²) in [5, 5.41) is 22.4. The lowest BCUT2D eigenvalue weighted by atomic mass is 9.89. The number of benzene rings is 9. The number of alkyl halides is 13. The third-order valence-electron chi connectivity index (χ3n) is 22.0. The Morgan fingerprint density at radius 3 is 1.22 bits per heavy atom. The van der Waals surface area contributed by atoms with Crippen LogP contribution in [0.25, 0.3) is 0 Å². The van der Waals surface area contributed by atoms with E-state index in [0.717, 1.165) is 50.8 Å². The monoisotopic (exact) mass is 2010 g/mol. The molecular weight excluding hydrogens is 1930 g/mol. The molecule has 5 heterocycles. The number of hydrogen-bond acceptors (Lipinski definition) is 19. The van der Waals surface area contributed by atoms with Gasteiger partial charge in [-0.1, -0.05) is 151 Å². The van der Waals surface area contributed by atoms with Crippen molar-refractivity contribution in [2.45, 2.75) is 112 Å². The van der Waals surface area contributed by atoms with Crippen LogP contribution < -0.4 is 25.0 Å². The predicted octanol–water partition coefficient (Wildman–Crippen LogP) is 19.9. The molecule has 0 bridgehead atoms. The lowest BCUT2D eigenvalue weighted by Crippen LogP contribution is -2.42. The molecule has 9 aromatic rings. The number of hydroxylamine groups is 1. The fourth-order valence-electron chi connectivity index (χ4n) is 15.1. The molecule has 0 spiro atoms. The fraction of sp³-hybridized carbons (Fsp3) is 0.344. The third kappa shape index (κ3) is 26.3. The van der Waals surface area contributed by atoms with Gasteiger partial charge in [-0.3, -0.25) is 19.6 Å². The standard InChI is InChI=1S/C24H24F3NO5.C23H23F3N2O5.C19H18BrF3O3.C18H16F3NO3.C9H8Br2O2/c1-31-23(30)16-6-7-17-13-28(22(29)15-8-10-32-11-9-15)20(14-33-21(17)12-16)18-4-2-3-5-19(18)24(25,26)27;24-23(25,26)18-4-2-1-3-17(18)19-13-33-20-11-15(21(29)27-31)5-6-16(20)12-28(19)22(30)14-7-9-32-10-8-14;1-26-18(25)13-8-6-12(17(20)10-13)7-9-14(11-24)15-4-2-3-5-16(15)19(21,22)23;1-24-17(23)11-6-7-12-9-22-15(10-25-16(12)8-11)13-4-2-3-5-14(13)18(19,20)21;1-13-9(12)6-2-3-7(5-10)8(11)4-6/h2-7,12,15,20H,8-11,13-14H2,1H3;1-6,11,14,19,31H,7-10,12-13H2,(H,27,29);2-6,8,10,14,24H,7,9,11H2,1H3;2-8,15,22H,9-10H2,1H3;2-4H,5H2,1H3/t20-;19-;;;/m11.../s1. The van der Waals surface area contributed by atoms with Gasteiger partial charge in [0.15, 0.2) is 0 Å². The summed E-state index contributed by atoms with van der Waals surface area (Å²) < 4.78 is 210. The molecule has 130 heavy (non-hydrogen) atoms. The fourth-order valence-corrected chi connectivity index (χ4v) is 17.1. The zero-order valence-electron chi connectivity index (χ0n) is 70.1. The summed E-state index contributed by atoms with van der Waals surface area (Å²) in [6.07, 6.45) is -15.3. The Bertz CT molecular complexity index is 5290. The number of hydrogen-bond donors (Lipinski definition) is 4. The number of carbonyl (C=O) groups excluding carboxylic acids is 7. The van der Waals surface area contributed by atoms with Gasteiger partial charge in [-0.25, -0.2) is 24.7 Å². The molecule has 0 aliphatic carbocycles. The summed E-state index contributed by atoms with van der Waals surface area (Å²) in [6.45, 7) is 1.34. The third-order valence-corrected chi connectivity index (χ3v) is 24.0. The van der Waals surface area contributed by atoms with E-state index < -0.39 is 94.8 Å². The number of aryl methyl sites for hydroxylation is 1. The summed E-state index contributed by atoms with van der Waals surface area (Å²) >= 11 is 10.1. The minimum absolute atomic E-state index is 0.0173. The van der Waals surface area contributed by atoms with Crippen LogP contribution in [0.1, 0.15) is 180 Å². The molecule has 9 aromatic carbocycles. The van der Waals surface area contributed by atoms with Crippen molar-refractivity contribution in [3.05, 3.63) is 297 Å². The Labute approximate surface area is 764 Å². The van der Waals surface area contributed by atoms with Crippen LogP contribution in [0, 0.1) is 11.8 Å². The summed E-state index contributed by atoms with van der Waals surface area (Å²) in [4.78, 5) is 87.9. The molecule has 5 aliphatic rings. The molecule has 4 atom stereocenters. The van der Waals surface area contributed by atoms with Crippen LogP contribution in [-0.4, -0.2) is 143 Å². The molecule has 3 amide bonds. The molecule has 2 fully saturated rings. The van der Waals surface area contributed by atoms with E-state index in [1.165, 1.54) is 129 Å². The first-order valence-corrected chi connectivity index (χ1v) is 43.1. The lowest BCUT2D eigenvalue weighted by molar-refractivity contribution is -0.145. The van der Waals surface area contributed by atoms with Crippen molar-refractivity contribution in [3.63, 3.8) is 0 Å². The van der Waals surface area contributed by atoms with Gasteiger partial charge >= 0.3 is 48.6 Å². The first-order chi connectivity index (χ1) is 61.9. The van der Waals surface area contributed by atoms with E-state index in [2.05, 4.69) is 67.3 Å². The lowest BCUT2D eigenvalue weighted by Gasteiger charge is -2.35. The Kier molecular flexibility index (Phi) is 36.0. The number of methoxy groups -OCH3 is 4. The minimum Gasteiger partial charge on any atom is -0.491 e. The van der Waals surface area contributed by atoms with Gasteiger partial charge in [-0.05, 0) is 157 Å². The molecule has 2 saturated heterocycles. The molecule has 694 valence electrons. The molecule has 37 heteroatoms. The molecule has 0 saturated carbocycles. The summed E-state index contributed by atoms with van der Waals surface area (Å²) in [7, 11) is 5.19. The molecule has 22 nitrogen and oxygen atoms in total. The van der Waals surface area contributed by atoms with E-state index in [4.69, 9.17) is 33.6 Å². The highest BCUT2D eigenvalue weighted by Crippen LogP contribution is 2.45. The number of amides is 3. The molecule has 5 aliphatic heterocycles. The second-order valence-corrected chi connectivity index (χ2v) is 32.3. The van der Waals surface area contributed by atoms with Gasteiger partial charge in [-0.15, -0.1) is 0 Å². The maximum Gasteiger partial charge on any atom is 0.416 e. The van der Waals surface area contributed by atoms with Crippen molar-refractivity contribution in [1.29, 1.82) is 0 Å². The number of aliphatic hydroxyl groups excluding tert-OH is 1. The number of nitrogens with one attached hydrogen (secondary N) is 2. The maximum atomic E-state index is 13.8. The molecule has 2 unspecified atom stereocenters. The quantitative estimate of drug-likeness (QED) is 0.0175. The Morgan fingerprint density at radius 2 is 0.808 bits per heavy atom. The maximum absolute atomic E-state index is 13.8. The smallest absolute Gasteiger partial charge is 0.416 e. The van der Waals surface area contributed by atoms with Crippen LogP contribution >= 0.6 is 47.8 Å². The van der Waals surface area contributed by atoms with Crippen molar-refractivity contribution in [1.82, 2.24) is 20.6 Å². The van der Waals surface area contributed by atoms with Crippen LogP contribution in [0.2, 0.25) is 0 Å². The molecule has 0 radical (unpaired) electrons. The van der Waals surface area contributed by atoms with Gasteiger partial charge in [-0.2, -0.15) is 52.7 Å². The summed E-state index contributed by atoms with van der Waals surface area (Å²) in [5.74, 6) is -3.34. The second-order valence-electron chi connectivity index (χ2n) is 30.0. The van der Waals surface area contributed by atoms with E-state index >= 15 is 0 Å². The predicted molar refractivity (Wildman–Crippen MR) is 459 cm³/mol. The van der Waals surface area contributed by atoms with Crippen molar-refractivity contribution in [2.24, 2.45) is 11.8 Å². The molecule has 4 N–H and O–H groups in total. The van der Waals surface area contributed by atoms with Gasteiger partial charge < -0.3 is 62.9 Å². The van der Waals surface area contributed by atoms with Crippen molar-refractivity contribution in [2.75, 3.05) is 81.3 Å². The number of halogens is 15. The number of carbonyl (C=O) groups is 7. The number of nitrogens with zero attached hydrogens (tertiary/aromatic N) is 2. The number of aliphatic hydroxyl groups is 1. The highest BCUT2D eigenvalue weighted by atomic mass is 79.9. The second kappa shape index (κ2) is 46.2. The molecular formula is C93H89Br3F12N4O18. The van der Waals surface area contributed by atoms with Crippen LogP contribution in [0.3, 0.4) is 0 Å². The highest BCUT2D eigenvalue weighted by molar-refractivity contribution is 9.11. The number of fused-ring (bicyclic) bond motifs is 3. The van der Waals surface area contributed by atoms with Crippen LogP contribution in [0.5, 0.6) is 17.2 Å². The van der Waals surface area contributed by atoms with Gasteiger partial charge in [0, 0.05) is 93.9 Å². The minimum atomic E-state index is -4.60. The molecule has 14 rings (SSSR count). The van der Waals surface area contributed by atoms with Gasteiger partial charge in [0.05, 0.1) is 104 Å². The zero-order chi connectivity index (χ0) is 94.4. The van der Waals surface area contributed by atoms with Crippen LogP contribution in [0.15, 0.2) is 197 Å². The van der Waals surface area contributed by atoms with E-state index in [9.17, 15) is 91.4 Å². The van der Waals surface area contributed by atoms with E-state index in [1.54, 1.807) is 72.8 Å².